The Morgan fingerprint density at radius 3 is 2.64 bits per heavy atom. The van der Waals surface area contributed by atoms with Crippen LogP contribution < -0.4 is 0 Å². The number of ether oxygens (including phenoxy) is 2. The summed E-state index contributed by atoms with van der Waals surface area (Å²) in [4.78, 5) is 48.4. The van der Waals surface area contributed by atoms with Crippen molar-refractivity contribution in [2.75, 3.05) is 59.2 Å². The van der Waals surface area contributed by atoms with Gasteiger partial charge in [0.05, 0.1) is 49.1 Å². The molecule has 9 nitrogen and oxygen atoms in total. The van der Waals surface area contributed by atoms with Crippen LogP contribution in [0.2, 0.25) is 0 Å². The van der Waals surface area contributed by atoms with Crippen molar-refractivity contribution in [2.45, 2.75) is 72.9 Å². The fraction of sp³-hybridized carbons (Fsp3) is 0.774. The highest BCUT2D eigenvalue weighted by Gasteiger charge is 2.76. The number of hydrogen-bond donors (Lipinski definition) is 1. The molecular weight excluding hydrogens is 622 g/mol. The van der Waals surface area contributed by atoms with Crippen LogP contribution in [0.15, 0.2) is 25.3 Å². The molecule has 42 heavy (non-hydrogen) atoms. The summed E-state index contributed by atoms with van der Waals surface area (Å²) in [5.41, 5.74) is 0. The first-order valence-electron chi connectivity index (χ1n) is 15.4. The van der Waals surface area contributed by atoms with E-state index in [1.807, 2.05) is 19.9 Å². The molecule has 2 amide bonds. The van der Waals surface area contributed by atoms with Gasteiger partial charge in [0.25, 0.3) is 0 Å². The SMILES string of the molecule is C=CCCCCOC(=O)[C@H]1[C@@H]2SC3(CC2Br)C(C(=O)N(CC=C)CCN2CCOCC2)N([C@@H](CO)CC(C)C)C(=O)[C@H]13. The molecule has 0 aromatic carbocycles. The van der Waals surface area contributed by atoms with Gasteiger partial charge in [0.2, 0.25) is 11.8 Å². The van der Waals surface area contributed by atoms with Gasteiger partial charge in [-0.25, -0.2) is 0 Å². The Kier molecular flexibility index (Phi) is 12.0. The third-order valence-corrected chi connectivity index (χ3v) is 12.3. The second kappa shape index (κ2) is 15.1. The average Bonchev–Trinajstić information content (AvgIpc) is 3.57. The Balaban J connectivity index is 1.65. The minimum absolute atomic E-state index is 0.0287. The van der Waals surface area contributed by atoms with E-state index < -0.39 is 28.7 Å². The summed E-state index contributed by atoms with van der Waals surface area (Å²) < 4.78 is 10.5. The lowest BCUT2D eigenvalue weighted by molar-refractivity contribution is -0.154. The second-order valence-corrected chi connectivity index (χ2v) is 15.1. The zero-order valence-corrected chi connectivity index (χ0v) is 27.5. The first kappa shape index (κ1) is 33.5. The normalized spacial score (nSPS) is 31.3. The molecule has 0 aromatic rings. The van der Waals surface area contributed by atoms with Crippen molar-refractivity contribution in [3.63, 3.8) is 0 Å². The first-order valence-corrected chi connectivity index (χ1v) is 17.2. The highest BCUT2D eigenvalue weighted by Crippen LogP contribution is 2.68. The summed E-state index contributed by atoms with van der Waals surface area (Å²) in [7, 11) is 0. The maximum atomic E-state index is 14.7. The lowest BCUT2D eigenvalue weighted by Crippen LogP contribution is -2.58. The predicted molar refractivity (Wildman–Crippen MR) is 168 cm³/mol. The summed E-state index contributed by atoms with van der Waals surface area (Å²) in [6.07, 6.45) is 7.21. The van der Waals surface area contributed by atoms with Gasteiger partial charge in [-0.3, -0.25) is 19.3 Å². The van der Waals surface area contributed by atoms with E-state index in [9.17, 15) is 19.5 Å². The monoisotopic (exact) mass is 669 g/mol. The molecule has 3 unspecified atom stereocenters. The minimum atomic E-state index is -0.781. The average molecular weight is 671 g/mol. The number of morpholine rings is 1. The highest BCUT2D eigenvalue weighted by molar-refractivity contribution is 9.09. The van der Waals surface area contributed by atoms with Gasteiger partial charge < -0.3 is 24.4 Å². The van der Waals surface area contributed by atoms with Crippen LogP contribution in [0.1, 0.15) is 46.0 Å². The third-order valence-electron chi connectivity index (χ3n) is 9.08. The van der Waals surface area contributed by atoms with E-state index in [1.165, 1.54) is 0 Å². The van der Waals surface area contributed by atoms with Crippen LogP contribution in [0, 0.1) is 17.8 Å². The predicted octanol–water partition coefficient (Wildman–Crippen LogP) is 3.10. The number of fused-ring (bicyclic) bond motifs is 1. The zero-order valence-electron chi connectivity index (χ0n) is 25.1. The Bertz CT molecular complexity index is 994. The third kappa shape index (κ3) is 6.80. The maximum absolute atomic E-state index is 14.7. The number of carbonyl (C=O) groups is 3. The number of halogens is 1. The fourth-order valence-corrected chi connectivity index (χ4v) is 10.8. The maximum Gasteiger partial charge on any atom is 0.310 e. The Morgan fingerprint density at radius 1 is 1.26 bits per heavy atom. The van der Waals surface area contributed by atoms with Gasteiger partial charge in [-0.05, 0) is 38.0 Å². The fourth-order valence-electron chi connectivity index (χ4n) is 7.20. The van der Waals surface area contributed by atoms with E-state index in [0.29, 0.717) is 52.3 Å². The van der Waals surface area contributed by atoms with Gasteiger partial charge in [0.15, 0.2) is 0 Å². The molecule has 4 aliphatic rings. The summed E-state index contributed by atoms with van der Waals surface area (Å²) in [5.74, 6) is -1.79. The van der Waals surface area contributed by atoms with Crippen LogP contribution >= 0.6 is 27.7 Å². The van der Waals surface area contributed by atoms with E-state index in [0.717, 1.165) is 32.4 Å². The van der Waals surface area contributed by atoms with Gasteiger partial charge >= 0.3 is 5.97 Å². The molecule has 7 atom stereocenters. The number of nitrogens with zero attached hydrogens (tertiary/aromatic N) is 3. The number of rotatable bonds is 16. The zero-order chi connectivity index (χ0) is 30.4. The molecule has 4 rings (SSSR count). The van der Waals surface area contributed by atoms with Gasteiger partial charge in [-0.2, -0.15) is 0 Å². The van der Waals surface area contributed by atoms with Crippen LogP contribution in [-0.2, 0) is 23.9 Å². The van der Waals surface area contributed by atoms with Crippen molar-refractivity contribution >= 4 is 45.5 Å². The molecule has 4 heterocycles. The van der Waals surface area contributed by atoms with E-state index in [4.69, 9.17) is 9.47 Å². The molecule has 0 aromatic heterocycles. The van der Waals surface area contributed by atoms with E-state index in [1.54, 1.807) is 27.6 Å². The van der Waals surface area contributed by atoms with Crippen LogP contribution in [0.25, 0.3) is 0 Å². The van der Waals surface area contributed by atoms with E-state index >= 15 is 0 Å². The number of esters is 1. The van der Waals surface area contributed by atoms with E-state index in [-0.39, 0.29) is 40.4 Å². The largest absolute Gasteiger partial charge is 0.465 e. The van der Waals surface area contributed by atoms with Gasteiger partial charge in [0, 0.05) is 42.8 Å². The number of amides is 2. The van der Waals surface area contributed by atoms with Gasteiger partial charge in [-0.15, -0.1) is 24.9 Å². The summed E-state index contributed by atoms with van der Waals surface area (Å²) in [6, 6.07) is -1.30. The van der Waals surface area contributed by atoms with Gasteiger partial charge in [0.1, 0.15) is 6.04 Å². The number of allylic oxidation sites excluding steroid dienone is 1. The number of aliphatic hydroxyl groups is 1. The molecule has 2 bridgehead atoms. The molecule has 1 N–H and O–H groups in total. The molecule has 0 saturated carbocycles. The standard InChI is InChI=1S/C31H48BrN3O6S/c1-5-7-8-9-15-41-30(39)24-25-28(37)35(22(20-36)18-21(3)4)27(31(25)19-23(32)26(24)42-31)29(38)34(10-6-2)12-11-33-13-16-40-17-14-33/h5-6,21-27,36H,1-2,7-20H2,3-4H3/t22-,23?,24-,25+,26-,27?,31?/m1/s1. The molecule has 0 aliphatic carbocycles. The number of unbranched alkanes of at least 4 members (excludes halogenated alkanes) is 2. The molecular formula is C31H48BrN3O6S. The first-order chi connectivity index (χ1) is 20.2. The lowest BCUT2D eigenvalue weighted by Gasteiger charge is -2.40. The van der Waals surface area contributed by atoms with Crippen molar-refractivity contribution < 1.29 is 29.0 Å². The number of likely N-dealkylation sites (tertiary alicyclic amines) is 1. The second-order valence-electron chi connectivity index (χ2n) is 12.4. The Labute approximate surface area is 263 Å². The van der Waals surface area contributed by atoms with Crippen LogP contribution in [0.4, 0.5) is 0 Å². The number of hydrogen-bond acceptors (Lipinski definition) is 8. The molecule has 236 valence electrons. The van der Waals surface area contributed by atoms with Crippen LogP contribution in [0.5, 0.6) is 0 Å². The quantitative estimate of drug-likeness (QED) is 0.116. The van der Waals surface area contributed by atoms with Crippen molar-refractivity contribution in [3.05, 3.63) is 25.3 Å². The molecule has 1 spiro atoms. The molecule has 11 heteroatoms. The van der Waals surface area contributed by atoms with Crippen LogP contribution in [0.3, 0.4) is 0 Å². The van der Waals surface area contributed by atoms with Crippen molar-refractivity contribution in [1.29, 1.82) is 0 Å². The van der Waals surface area contributed by atoms with Crippen molar-refractivity contribution in [1.82, 2.24) is 14.7 Å². The minimum Gasteiger partial charge on any atom is -0.465 e. The smallest absolute Gasteiger partial charge is 0.310 e. The molecule has 4 aliphatic heterocycles. The summed E-state index contributed by atoms with van der Waals surface area (Å²) in [6.45, 7) is 16.4. The molecule has 0 radical (unpaired) electrons. The molecule has 4 saturated heterocycles. The summed E-state index contributed by atoms with van der Waals surface area (Å²) >= 11 is 5.43. The summed E-state index contributed by atoms with van der Waals surface area (Å²) in [5, 5.41) is 10.4. The number of aliphatic hydroxyl groups excluding tert-OH is 1. The number of alkyl halides is 1. The van der Waals surface area contributed by atoms with Gasteiger partial charge in [-0.1, -0.05) is 41.9 Å². The number of thioether (sulfide) groups is 1. The van der Waals surface area contributed by atoms with Crippen molar-refractivity contribution in [2.24, 2.45) is 17.8 Å². The Hall–Kier alpha value is -1.40. The topological polar surface area (TPSA) is 99.6 Å². The number of carbonyl (C=O) groups excluding carboxylic acids is 3. The van der Waals surface area contributed by atoms with E-state index in [2.05, 4.69) is 34.0 Å². The lowest BCUT2D eigenvalue weighted by atomic mass is 9.71. The Morgan fingerprint density at radius 2 is 2.00 bits per heavy atom. The molecule has 4 fully saturated rings. The van der Waals surface area contributed by atoms with Crippen LogP contribution in [-0.4, -0.2) is 124 Å². The van der Waals surface area contributed by atoms with Crippen molar-refractivity contribution in [3.8, 4) is 0 Å². The highest BCUT2D eigenvalue weighted by atomic mass is 79.9.